The fraction of sp³-hybridized carbons (Fsp3) is 0.722. The summed E-state index contributed by atoms with van der Waals surface area (Å²) in [7, 11) is 1.95. The van der Waals surface area contributed by atoms with Gasteiger partial charge in [-0.3, -0.25) is 4.79 Å². The maximum Gasteiger partial charge on any atom is 0.228 e. The van der Waals surface area contributed by atoms with Gasteiger partial charge < -0.3 is 9.45 Å². The van der Waals surface area contributed by atoms with Gasteiger partial charge in [0.1, 0.15) is 6.26 Å². The van der Waals surface area contributed by atoms with Crippen molar-refractivity contribution in [2.75, 3.05) is 13.3 Å². The quantitative estimate of drug-likeness (QED) is 0.777. The van der Waals surface area contributed by atoms with Crippen LogP contribution in [0.2, 0.25) is 0 Å². The van der Waals surface area contributed by atoms with Crippen LogP contribution in [0.25, 0.3) is 0 Å². The van der Waals surface area contributed by atoms with Crippen molar-refractivity contribution in [1.82, 2.24) is 4.90 Å². The zero-order valence-corrected chi connectivity index (χ0v) is 15.5. The third-order valence-corrected chi connectivity index (χ3v) is 8.67. The zero-order valence-electron chi connectivity index (χ0n) is 13.9. The van der Waals surface area contributed by atoms with Crippen molar-refractivity contribution >= 4 is 28.4 Å². The average Bonchev–Trinajstić information content (AvgIpc) is 2.93. The Bertz CT molecular complexity index is 575. The van der Waals surface area contributed by atoms with E-state index in [0.29, 0.717) is 12.5 Å². The van der Waals surface area contributed by atoms with Crippen molar-refractivity contribution in [1.29, 1.82) is 0 Å². The lowest BCUT2D eigenvalue weighted by molar-refractivity contribution is -0.156. The molecule has 1 aromatic rings. The number of amides is 1. The van der Waals surface area contributed by atoms with Crippen LogP contribution in [-0.4, -0.2) is 28.7 Å². The number of rotatable bonds is 4. The number of carbonyl (C=O) groups excluding carboxylic acids is 1. The van der Waals surface area contributed by atoms with E-state index >= 15 is 0 Å². The minimum Gasteiger partial charge on any atom is -0.611 e. The van der Waals surface area contributed by atoms with E-state index in [1.807, 2.05) is 24.1 Å². The molecule has 0 aromatic carbocycles. The van der Waals surface area contributed by atoms with Crippen LogP contribution in [0.15, 0.2) is 16.3 Å². The first-order valence-electron chi connectivity index (χ1n) is 8.63. The van der Waals surface area contributed by atoms with Gasteiger partial charge in [0.15, 0.2) is 0 Å². The molecule has 1 atom stereocenters. The van der Waals surface area contributed by atoms with Crippen LogP contribution < -0.4 is 0 Å². The van der Waals surface area contributed by atoms with Crippen LogP contribution >= 0.6 is 11.3 Å². The summed E-state index contributed by atoms with van der Waals surface area (Å²) in [6.07, 6.45) is 9.18. The molecule has 126 valence electrons. The summed E-state index contributed by atoms with van der Waals surface area (Å²) < 4.78 is 12.4. The summed E-state index contributed by atoms with van der Waals surface area (Å²) in [5.41, 5.74) is -0.0584. The lowest BCUT2D eigenvalue weighted by Crippen LogP contribution is -2.53. The van der Waals surface area contributed by atoms with E-state index in [9.17, 15) is 9.35 Å². The summed E-state index contributed by atoms with van der Waals surface area (Å²) >= 11 is 0.642. The molecular formula is C18H25NO2S2. The summed E-state index contributed by atoms with van der Waals surface area (Å²) in [6.45, 7) is 0.655. The van der Waals surface area contributed by atoms with Crippen molar-refractivity contribution in [2.24, 2.45) is 23.2 Å². The third-order valence-electron chi connectivity index (χ3n) is 6.15. The van der Waals surface area contributed by atoms with Crippen molar-refractivity contribution in [3.63, 3.8) is 0 Å². The second-order valence-corrected chi connectivity index (χ2v) is 10.8. The topological polar surface area (TPSA) is 43.4 Å². The number of hydrogen-bond donors (Lipinski definition) is 0. The molecule has 1 heterocycles. The molecule has 4 bridgehead atoms. The number of hydrogen-bond acceptors (Lipinski definition) is 3. The van der Waals surface area contributed by atoms with E-state index in [2.05, 4.69) is 0 Å². The van der Waals surface area contributed by atoms with Gasteiger partial charge in [0, 0.05) is 18.0 Å². The van der Waals surface area contributed by atoms with Gasteiger partial charge in [-0.05, 0) is 73.5 Å². The van der Waals surface area contributed by atoms with E-state index in [4.69, 9.17) is 0 Å². The molecule has 1 aromatic heterocycles. The van der Waals surface area contributed by atoms with Crippen molar-refractivity contribution in [2.45, 2.75) is 49.3 Å². The summed E-state index contributed by atoms with van der Waals surface area (Å²) in [4.78, 5) is 16.3. The first-order chi connectivity index (χ1) is 10.9. The zero-order chi connectivity index (χ0) is 16.2. The van der Waals surface area contributed by atoms with E-state index in [-0.39, 0.29) is 5.41 Å². The van der Waals surface area contributed by atoms with E-state index in [0.717, 1.165) is 46.1 Å². The predicted molar refractivity (Wildman–Crippen MR) is 93.7 cm³/mol. The highest BCUT2D eigenvalue weighted by atomic mass is 32.2. The van der Waals surface area contributed by atoms with Crippen LogP contribution in [0.3, 0.4) is 0 Å². The Morgan fingerprint density at radius 2 is 1.83 bits per heavy atom. The van der Waals surface area contributed by atoms with Gasteiger partial charge >= 0.3 is 0 Å². The lowest BCUT2D eigenvalue weighted by atomic mass is 9.49. The van der Waals surface area contributed by atoms with Crippen LogP contribution in [0.5, 0.6) is 0 Å². The molecule has 23 heavy (non-hydrogen) atoms. The summed E-state index contributed by atoms with van der Waals surface area (Å²) in [5.74, 6) is 2.77. The van der Waals surface area contributed by atoms with Gasteiger partial charge in [-0.1, -0.05) is 11.3 Å². The highest BCUT2D eigenvalue weighted by Crippen LogP contribution is 2.60. The van der Waals surface area contributed by atoms with E-state index in [1.54, 1.807) is 17.6 Å². The summed E-state index contributed by atoms with van der Waals surface area (Å²) in [6, 6.07) is 3.95. The lowest BCUT2D eigenvalue weighted by Gasteiger charge is -2.56. The van der Waals surface area contributed by atoms with Crippen molar-refractivity contribution in [3.8, 4) is 0 Å². The number of carbonyl (C=O) groups is 1. The second kappa shape index (κ2) is 5.78. The van der Waals surface area contributed by atoms with Gasteiger partial charge in [-0.15, -0.1) is 0 Å². The minimum atomic E-state index is -0.927. The fourth-order valence-corrected chi connectivity index (χ4v) is 7.52. The SMILES string of the molecule is CN(Cc1ccc([S+](C)[O-])s1)C(=O)C12CC3CC(CC(C3)C1)C2. The Morgan fingerprint density at radius 3 is 2.30 bits per heavy atom. The molecule has 0 radical (unpaired) electrons. The highest BCUT2D eigenvalue weighted by molar-refractivity contribution is 7.92. The Morgan fingerprint density at radius 1 is 1.26 bits per heavy atom. The van der Waals surface area contributed by atoms with Gasteiger partial charge in [0.05, 0.1) is 12.0 Å². The third kappa shape index (κ3) is 2.85. The Hall–Kier alpha value is -0.520. The molecule has 4 saturated carbocycles. The molecule has 0 saturated heterocycles. The Labute approximate surface area is 145 Å². The highest BCUT2D eigenvalue weighted by Gasteiger charge is 2.55. The molecule has 5 rings (SSSR count). The minimum absolute atomic E-state index is 0.0584. The molecule has 1 amide bonds. The molecule has 0 N–H and O–H groups in total. The summed E-state index contributed by atoms with van der Waals surface area (Å²) in [5, 5.41) is 0. The first-order valence-corrected chi connectivity index (χ1v) is 11.0. The normalized spacial score (nSPS) is 36.2. The van der Waals surface area contributed by atoms with Crippen LogP contribution in [-0.2, 0) is 22.5 Å². The average molecular weight is 352 g/mol. The van der Waals surface area contributed by atoms with Gasteiger partial charge in [0.25, 0.3) is 0 Å². The maximum absolute atomic E-state index is 13.2. The molecule has 3 nitrogen and oxygen atoms in total. The van der Waals surface area contributed by atoms with Gasteiger partial charge in [-0.25, -0.2) is 0 Å². The largest absolute Gasteiger partial charge is 0.611 e. The molecule has 5 heteroatoms. The first kappa shape index (κ1) is 16.0. The standard InChI is InChI=1S/C18H25NO2S2/c1-19(11-15-3-4-16(22-15)23(2)21)17(20)18-8-12-5-13(9-18)7-14(6-12)10-18/h3-4,12-14H,5-11H2,1-2H3. The Kier molecular flexibility index (Phi) is 4.01. The van der Waals surface area contributed by atoms with E-state index in [1.165, 1.54) is 19.3 Å². The molecule has 1 unspecified atom stereocenters. The molecule has 4 fully saturated rings. The molecule has 4 aliphatic carbocycles. The molecule has 0 aliphatic heterocycles. The van der Waals surface area contributed by atoms with E-state index < -0.39 is 11.2 Å². The molecule has 0 spiro atoms. The molecule has 4 aliphatic rings. The van der Waals surface area contributed by atoms with Crippen LogP contribution in [0.1, 0.15) is 43.4 Å². The van der Waals surface area contributed by atoms with Crippen LogP contribution in [0, 0.1) is 23.2 Å². The molecular weight excluding hydrogens is 326 g/mol. The fourth-order valence-electron chi connectivity index (χ4n) is 5.68. The van der Waals surface area contributed by atoms with Crippen LogP contribution in [0.4, 0.5) is 0 Å². The van der Waals surface area contributed by atoms with Crippen molar-refractivity contribution in [3.05, 3.63) is 17.0 Å². The Balaban J connectivity index is 1.47. The monoisotopic (exact) mass is 351 g/mol. The van der Waals surface area contributed by atoms with Crippen molar-refractivity contribution < 1.29 is 9.35 Å². The number of thiophene rings is 1. The smallest absolute Gasteiger partial charge is 0.228 e. The van der Waals surface area contributed by atoms with Gasteiger partial charge in [-0.2, -0.15) is 0 Å². The maximum atomic E-state index is 13.2. The number of nitrogens with zero attached hydrogens (tertiary/aromatic N) is 1. The second-order valence-electron chi connectivity index (χ2n) is 8.03. The predicted octanol–water partition coefficient (Wildman–Crippen LogP) is 3.66. The van der Waals surface area contributed by atoms with Gasteiger partial charge in [0.2, 0.25) is 10.1 Å².